The number of rotatable bonds is 5. The second-order valence-electron chi connectivity index (χ2n) is 8.33. The summed E-state index contributed by atoms with van der Waals surface area (Å²) in [5.74, 6) is 0.809. The second-order valence-corrected chi connectivity index (χ2v) is 8.33. The third-order valence-electron chi connectivity index (χ3n) is 6.04. The number of fused-ring (bicyclic) bond motifs is 1. The molecule has 0 aliphatic heterocycles. The molecule has 4 aromatic heterocycles. The molecular weight excluding hydrogens is 436 g/mol. The van der Waals surface area contributed by atoms with E-state index in [1.165, 1.54) is 4.68 Å². The van der Waals surface area contributed by atoms with Crippen molar-refractivity contribution in [2.24, 2.45) is 0 Å². The average molecular weight is 459 g/mol. The van der Waals surface area contributed by atoms with E-state index >= 15 is 0 Å². The number of aryl methyl sites for hydroxylation is 1. The maximum absolute atomic E-state index is 12.8. The molecule has 0 aliphatic carbocycles. The Kier molecular flexibility index (Phi) is 5.07. The van der Waals surface area contributed by atoms with E-state index in [1.54, 1.807) is 12.1 Å². The van der Waals surface area contributed by atoms with Crippen molar-refractivity contribution >= 4 is 5.52 Å². The Labute approximate surface area is 201 Å². The molecule has 0 saturated carbocycles. The molecule has 0 radical (unpaired) electrons. The van der Waals surface area contributed by atoms with Crippen molar-refractivity contribution < 1.29 is 0 Å². The molecule has 0 bridgehead atoms. The molecule has 35 heavy (non-hydrogen) atoms. The molecule has 0 aliphatic rings. The first-order valence-electron chi connectivity index (χ1n) is 11.4. The summed E-state index contributed by atoms with van der Waals surface area (Å²) in [4.78, 5) is 17.5. The summed E-state index contributed by atoms with van der Waals surface area (Å²) in [6, 6.07) is 29.3. The zero-order valence-corrected chi connectivity index (χ0v) is 19.1. The normalized spacial score (nSPS) is 11.2. The van der Waals surface area contributed by atoms with Crippen LogP contribution in [0, 0.1) is 6.92 Å². The molecule has 7 heteroatoms. The van der Waals surface area contributed by atoms with Crippen molar-refractivity contribution in [3.05, 3.63) is 120 Å². The van der Waals surface area contributed by atoms with Crippen LogP contribution in [0.5, 0.6) is 0 Å². The molecule has 4 heterocycles. The van der Waals surface area contributed by atoms with Gasteiger partial charge >= 0.3 is 0 Å². The van der Waals surface area contributed by atoms with Crippen LogP contribution in [0.4, 0.5) is 0 Å². The highest BCUT2D eigenvalue weighted by Gasteiger charge is 2.18. The van der Waals surface area contributed by atoms with Crippen molar-refractivity contribution in [2.75, 3.05) is 0 Å². The van der Waals surface area contributed by atoms with Crippen LogP contribution < -0.4 is 5.56 Å². The van der Waals surface area contributed by atoms with Crippen LogP contribution in [0.15, 0.2) is 108 Å². The van der Waals surface area contributed by atoms with Gasteiger partial charge < -0.3 is 4.57 Å². The smallest absolute Gasteiger partial charge is 0.268 e. The van der Waals surface area contributed by atoms with Crippen molar-refractivity contribution in [1.29, 1.82) is 0 Å². The predicted molar refractivity (Wildman–Crippen MR) is 136 cm³/mol. The average Bonchev–Trinajstić information content (AvgIpc) is 3.47. The fraction of sp³-hybridized carbons (Fsp3) is 0.0714. The standard InChI is InChI=1S/C28H22N6O/c1-20-29-24(21-10-4-2-5-11-21)18-32(20)19-34-26(35)16-15-23(30-34)27-25-14-8-9-17-33(25)31-28(27)22-12-6-3-7-13-22/h2-18H,19H2,1H3. The first-order valence-corrected chi connectivity index (χ1v) is 11.4. The van der Waals surface area contributed by atoms with Gasteiger partial charge in [-0.15, -0.1) is 0 Å². The Balaban J connectivity index is 1.45. The van der Waals surface area contributed by atoms with Gasteiger partial charge in [-0.1, -0.05) is 66.7 Å². The predicted octanol–water partition coefficient (Wildman–Crippen LogP) is 4.90. The van der Waals surface area contributed by atoms with Gasteiger partial charge in [0.25, 0.3) is 5.56 Å². The van der Waals surface area contributed by atoms with E-state index < -0.39 is 0 Å². The summed E-state index contributed by atoms with van der Waals surface area (Å²) < 4.78 is 5.26. The summed E-state index contributed by atoms with van der Waals surface area (Å²) in [6.07, 6.45) is 3.87. The first-order chi connectivity index (χ1) is 17.2. The van der Waals surface area contributed by atoms with Gasteiger partial charge in [-0.05, 0) is 25.1 Å². The fourth-order valence-electron chi connectivity index (χ4n) is 4.28. The topological polar surface area (TPSA) is 70.0 Å². The molecule has 0 N–H and O–H groups in total. The number of hydrogen-bond donors (Lipinski definition) is 0. The molecule has 0 atom stereocenters. The third kappa shape index (κ3) is 3.83. The molecular formula is C28H22N6O. The van der Waals surface area contributed by atoms with Gasteiger partial charge in [-0.25, -0.2) is 14.2 Å². The highest BCUT2D eigenvalue weighted by Crippen LogP contribution is 2.33. The molecule has 2 aromatic carbocycles. The van der Waals surface area contributed by atoms with Crippen LogP contribution in [0.25, 0.3) is 39.3 Å². The molecule has 7 nitrogen and oxygen atoms in total. The second kappa shape index (κ2) is 8.53. The van der Waals surface area contributed by atoms with Crippen molar-refractivity contribution in [3.8, 4) is 33.8 Å². The fourth-order valence-corrected chi connectivity index (χ4v) is 4.28. The zero-order valence-electron chi connectivity index (χ0n) is 19.1. The minimum Gasteiger partial charge on any atom is -0.314 e. The van der Waals surface area contributed by atoms with Crippen LogP contribution >= 0.6 is 0 Å². The highest BCUT2D eigenvalue weighted by molar-refractivity contribution is 5.90. The monoisotopic (exact) mass is 458 g/mol. The Bertz CT molecular complexity index is 1700. The van der Waals surface area contributed by atoms with Gasteiger partial charge in [-0.3, -0.25) is 4.79 Å². The van der Waals surface area contributed by atoms with Gasteiger partial charge in [0.2, 0.25) is 0 Å². The third-order valence-corrected chi connectivity index (χ3v) is 6.04. The van der Waals surface area contributed by atoms with Gasteiger partial charge in [-0.2, -0.15) is 10.2 Å². The van der Waals surface area contributed by atoms with E-state index in [4.69, 9.17) is 10.2 Å². The van der Waals surface area contributed by atoms with Gasteiger partial charge in [0.1, 0.15) is 18.2 Å². The zero-order chi connectivity index (χ0) is 23.8. The van der Waals surface area contributed by atoms with Crippen molar-refractivity contribution in [3.63, 3.8) is 0 Å². The molecule has 0 unspecified atom stereocenters. The molecule has 0 amide bonds. The van der Waals surface area contributed by atoms with E-state index in [9.17, 15) is 4.79 Å². The largest absolute Gasteiger partial charge is 0.314 e. The minimum atomic E-state index is -0.180. The first kappa shape index (κ1) is 20.8. The number of aromatic nitrogens is 6. The van der Waals surface area contributed by atoms with E-state index in [1.807, 2.05) is 107 Å². The van der Waals surface area contributed by atoms with Crippen LogP contribution in [0.3, 0.4) is 0 Å². The van der Waals surface area contributed by atoms with Crippen LogP contribution in [-0.2, 0) is 6.67 Å². The Morgan fingerprint density at radius 2 is 1.46 bits per heavy atom. The van der Waals surface area contributed by atoms with Gasteiger partial charge in [0.15, 0.2) is 0 Å². The number of nitrogens with zero attached hydrogens (tertiary/aromatic N) is 6. The Morgan fingerprint density at radius 3 is 2.23 bits per heavy atom. The van der Waals surface area contributed by atoms with Crippen molar-refractivity contribution in [2.45, 2.75) is 13.6 Å². The molecule has 0 spiro atoms. The maximum Gasteiger partial charge on any atom is 0.268 e. The molecule has 6 rings (SSSR count). The van der Waals surface area contributed by atoms with E-state index in [0.29, 0.717) is 5.69 Å². The Morgan fingerprint density at radius 1 is 0.743 bits per heavy atom. The lowest BCUT2D eigenvalue weighted by atomic mass is 10.0. The van der Waals surface area contributed by atoms with Gasteiger partial charge in [0.05, 0.1) is 22.5 Å². The quantitative estimate of drug-likeness (QED) is 0.368. The van der Waals surface area contributed by atoms with Crippen LogP contribution in [0.1, 0.15) is 5.82 Å². The highest BCUT2D eigenvalue weighted by atomic mass is 16.1. The van der Waals surface area contributed by atoms with E-state index in [2.05, 4.69) is 4.98 Å². The summed E-state index contributed by atoms with van der Waals surface area (Å²) in [7, 11) is 0. The number of imidazole rings is 1. The molecule has 6 aromatic rings. The molecule has 170 valence electrons. The van der Waals surface area contributed by atoms with E-state index in [-0.39, 0.29) is 12.2 Å². The summed E-state index contributed by atoms with van der Waals surface area (Å²) in [6.45, 7) is 2.19. The lowest BCUT2D eigenvalue weighted by Crippen LogP contribution is -2.26. The summed E-state index contributed by atoms with van der Waals surface area (Å²) in [5.41, 5.74) is 6.02. The minimum absolute atomic E-state index is 0.180. The molecule has 0 fully saturated rings. The SMILES string of the molecule is Cc1nc(-c2ccccc2)cn1Cn1nc(-c2c(-c3ccccc3)nn3ccccc23)ccc1=O. The van der Waals surface area contributed by atoms with E-state index in [0.717, 1.165) is 39.4 Å². The lowest BCUT2D eigenvalue weighted by molar-refractivity contribution is 0.513. The number of hydrogen-bond acceptors (Lipinski definition) is 4. The molecule has 0 saturated heterocycles. The number of pyridine rings is 1. The summed E-state index contributed by atoms with van der Waals surface area (Å²) >= 11 is 0. The van der Waals surface area contributed by atoms with Crippen LogP contribution in [-0.4, -0.2) is 28.9 Å². The van der Waals surface area contributed by atoms with Gasteiger partial charge in [0, 0.05) is 29.6 Å². The summed E-state index contributed by atoms with van der Waals surface area (Å²) in [5, 5.41) is 9.59. The van der Waals surface area contributed by atoms with Crippen LogP contribution in [0.2, 0.25) is 0 Å². The lowest BCUT2D eigenvalue weighted by Gasteiger charge is -2.10. The number of benzene rings is 2. The maximum atomic E-state index is 12.8. The van der Waals surface area contributed by atoms with Crippen molar-refractivity contribution in [1.82, 2.24) is 28.9 Å². The Hall–Kier alpha value is -4.78.